The van der Waals surface area contributed by atoms with Gasteiger partial charge in [0, 0.05) is 18.7 Å². The number of hydrogen-bond acceptors (Lipinski definition) is 2. The van der Waals surface area contributed by atoms with E-state index in [2.05, 4.69) is 6.58 Å². The van der Waals surface area contributed by atoms with Crippen LogP contribution in [0.5, 0.6) is 5.75 Å². The number of carbonyl (C=O) groups is 1. The van der Waals surface area contributed by atoms with Crippen molar-refractivity contribution in [2.45, 2.75) is 32.1 Å². The minimum atomic E-state index is 0.213. The quantitative estimate of drug-likeness (QED) is 0.849. The van der Waals surface area contributed by atoms with Gasteiger partial charge in [-0.1, -0.05) is 18.7 Å². The predicted molar refractivity (Wildman–Crippen MR) is 84.3 cm³/mol. The van der Waals surface area contributed by atoms with Crippen LogP contribution in [0.2, 0.25) is 0 Å². The third-order valence-corrected chi connectivity index (χ3v) is 5.02. The second kappa shape index (κ2) is 5.55. The fourth-order valence-corrected chi connectivity index (χ4v) is 3.25. The number of carbonyl (C=O) groups excluding carboxylic acids is 1. The highest BCUT2D eigenvalue weighted by atomic mass is 16.5. The first-order chi connectivity index (χ1) is 10.2. The molecule has 2 fully saturated rings. The summed E-state index contributed by atoms with van der Waals surface area (Å²) in [5.41, 5.74) is 2.58. The van der Waals surface area contributed by atoms with Gasteiger partial charge in [-0.15, -0.1) is 0 Å². The number of nitrogens with zero attached hydrogens (tertiary/aromatic N) is 1. The molecule has 1 saturated heterocycles. The van der Waals surface area contributed by atoms with Gasteiger partial charge < -0.3 is 9.64 Å². The normalized spacial score (nSPS) is 19.4. The maximum atomic E-state index is 12.5. The molecule has 1 aliphatic heterocycles. The van der Waals surface area contributed by atoms with E-state index in [0.29, 0.717) is 11.8 Å². The summed E-state index contributed by atoms with van der Waals surface area (Å²) >= 11 is 0. The molecule has 1 aromatic rings. The van der Waals surface area contributed by atoms with E-state index in [0.717, 1.165) is 30.0 Å². The molecular formula is C18H23NO2. The van der Waals surface area contributed by atoms with E-state index in [9.17, 15) is 4.79 Å². The highest BCUT2D eigenvalue weighted by Crippen LogP contribution is 2.53. The highest BCUT2D eigenvalue weighted by Gasteiger charge is 2.44. The number of likely N-dealkylation sites (tertiary alicyclic amines) is 1. The smallest absolute Gasteiger partial charge is 0.227 e. The molecule has 3 heteroatoms. The first-order valence-corrected chi connectivity index (χ1v) is 7.73. The van der Waals surface area contributed by atoms with Crippen molar-refractivity contribution in [3.8, 4) is 5.75 Å². The molecule has 3 nitrogen and oxygen atoms in total. The van der Waals surface area contributed by atoms with Crippen molar-refractivity contribution in [1.29, 1.82) is 0 Å². The van der Waals surface area contributed by atoms with Gasteiger partial charge in [-0.2, -0.15) is 0 Å². The van der Waals surface area contributed by atoms with Gasteiger partial charge in [0.25, 0.3) is 0 Å². The van der Waals surface area contributed by atoms with E-state index in [1.807, 2.05) is 23.1 Å². The number of amides is 1. The monoisotopic (exact) mass is 285 g/mol. The van der Waals surface area contributed by atoms with Crippen LogP contribution >= 0.6 is 0 Å². The lowest BCUT2D eigenvalue weighted by atomic mass is 9.93. The molecule has 3 rings (SSSR count). The average Bonchev–Trinajstić information content (AvgIpc) is 3.27. The van der Waals surface area contributed by atoms with Crippen LogP contribution in [0.4, 0.5) is 0 Å². The van der Waals surface area contributed by atoms with Crippen LogP contribution in [0.3, 0.4) is 0 Å². The zero-order valence-corrected chi connectivity index (χ0v) is 12.7. The van der Waals surface area contributed by atoms with Crippen molar-refractivity contribution in [3.05, 3.63) is 35.9 Å². The molecular weight excluding hydrogens is 262 g/mol. The summed E-state index contributed by atoms with van der Waals surface area (Å²) in [5.74, 6) is 0.995. The SMILES string of the molecule is C=Cc1ccc(OC)c(CC(=O)N2CCC3(CC2)CC3)c1. The van der Waals surface area contributed by atoms with Gasteiger partial charge in [0.15, 0.2) is 0 Å². The van der Waals surface area contributed by atoms with E-state index < -0.39 is 0 Å². The molecule has 0 radical (unpaired) electrons. The van der Waals surface area contributed by atoms with Crippen LogP contribution in [0.25, 0.3) is 6.08 Å². The molecule has 1 saturated carbocycles. The van der Waals surface area contributed by atoms with Crippen molar-refractivity contribution in [1.82, 2.24) is 4.90 Å². The van der Waals surface area contributed by atoms with E-state index in [-0.39, 0.29) is 5.91 Å². The van der Waals surface area contributed by atoms with Crippen molar-refractivity contribution >= 4 is 12.0 Å². The first-order valence-electron chi connectivity index (χ1n) is 7.73. The van der Waals surface area contributed by atoms with Gasteiger partial charge in [-0.05, 0) is 48.8 Å². The van der Waals surface area contributed by atoms with Gasteiger partial charge in [-0.25, -0.2) is 0 Å². The van der Waals surface area contributed by atoms with Gasteiger partial charge in [-0.3, -0.25) is 4.79 Å². The summed E-state index contributed by atoms with van der Waals surface area (Å²) in [5, 5.41) is 0. The zero-order valence-electron chi connectivity index (χ0n) is 12.7. The lowest BCUT2D eigenvalue weighted by Gasteiger charge is -2.32. The Bertz CT molecular complexity index is 550. The topological polar surface area (TPSA) is 29.5 Å². The number of ether oxygens (including phenoxy) is 1. The van der Waals surface area contributed by atoms with E-state index in [4.69, 9.17) is 4.74 Å². The van der Waals surface area contributed by atoms with Crippen LogP contribution in [-0.4, -0.2) is 31.0 Å². The molecule has 0 bridgehead atoms. The van der Waals surface area contributed by atoms with E-state index in [1.54, 1.807) is 13.2 Å². The van der Waals surface area contributed by atoms with Crippen LogP contribution in [0, 0.1) is 5.41 Å². The Labute approximate surface area is 126 Å². The number of benzene rings is 1. The van der Waals surface area contributed by atoms with Gasteiger partial charge in [0.05, 0.1) is 13.5 Å². The molecule has 112 valence electrons. The lowest BCUT2D eigenvalue weighted by Crippen LogP contribution is -2.39. The Kier molecular flexibility index (Phi) is 3.75. The van der Waals surface area contributed by atoms with Crippen LogP contribution in [0.15, 0.2) is 24.8 Å². The molecule has 1 spiro atoms. The van der Waals surface area contributed by atoms with Crippen molar-refractivity contribution in [2.24, 2.45) is 5.41 Å². The summed E-state index contributed by atoms with van der Waals surface area (Å²) in [6.45, 7) is 5.62. The van der Waals surface area contributed by atoms with E-state index in [1.165, 1.54) is 25.7 Å². The molecule has 1 aromatic carbocycles. The summed E-state index contributed by atoms with van der Waals surface area (Å²) in [7, 11) is 1.65. The molecule has 0 unspecified atom stereocenters. The van der Waals surface area contributed by atoms with Crippen molar-refractivity contribution in [2.75, 3.05) is 20.2 Å². The minimum Gasteiger partial charge on any atom is -0.496 e. The van der Waals surface area contributed by atoms with Crippen LogP contribution < -0.4 is 4.74 Å². The molecule has 0 N–H and O–H groups in total. The maximum absolute atomic E-state index is 12.5. The molecule has 1 amide bonds. The van der Waals surface area contributed by atoms with E-state index >= 15 is 0 Å². The zero-order chi connectivity index (χ0) is 14.9. The van der Waals surface area contributed by atoms with Crippen molar-refractivity contribution in [3.63, 3.8) is 0 Å². The predicted octanol–water partition coefficient (Wildman–Crippen LogP) is 3.28. The number of hydrogen-bond donors (Lipinski definition) is 0. The Hall–Kier alpha value is -1.77. The lowest BCUT2D eigenvalue weighted by molar-refractivity contribution is -0.132. The number of rotatable bonds is 4. The first kappa shape index (κ1) is 14.2. The molecule has 1 heterocycles. The largest absolute Gasteiger partial charge is 0.496 e. The Balaban J connectivity index is 1.67. The fraction of sp³-hybridized carbons (Fsp3) is 0.500. The second-order valence-electron chi connectivity index (χ2n) is 6.33. The summed E-state index contributed by atoms with van der Waals surface area (Å²) < 4.78 is 5.37. The average molecular weight is 285 g/mol. The number of methoxy groups -OCH3 is 1. The minimum absolute atomic E-state index is 0.213. The third-order valence-electron chi connectivity index (χ3n) is 5.02. The highest BCUT2D eigenvalue weighted by molar-refractivity contribution is 5.80. The Morgan fingerprint density at radius 1 is 1.33 bits per heavy atom. The van der Waals surface area contributed by atoms with Gasteiger partial charge >= 0.3 is 0 Å². The molecule has 1 aliphatic carbocycles. The third kappa shape index (κ3) is 2.97. The second-order valence-corrected chi connectivity index (χ2v) is 6.33. The van der Waals surface area contributed by atoms with Crippen molar-refractivity contribution < 1.29 is 9.53 Å². The Morgan fingerprint density at radius 3 is 2.62 bits per heavy atom. The van der Waals surface area contributed by atoms with Gasteiger partial charge in [0.1, 0.15) is 5.75 Å². The summed E-state index contributed by atoms with van der Waals surface area (Å²) in [6, 6.07) is 5.86. The van der Waals surface area contributed by atoms with Gasteiger partial charge in [0.2, 0.25) is 5.91 Å². The maximum Gasteiger partial charge on any atom is 0.227 e. The van der Waals surface area contributed by atoms with Crippen LogP contribution in [0.1, 0.15) is 36.8 Å². The molecule has 21 heavy (non-hydrogen) atoms. The summed E-state index contributed by atoms with van der Waals surface area (Å²) in [4.78, 5) is 14.5. The van der Waals surface area contributed by atoms with Crippen LogP contribution in [-0.2, 0) is 11.2 Å². The molecule has 0 atom stereocenters. The Morgan fingerprint density at radius 2 is 2.05 bits per heavy atom. The fourth-order valence-electron chi connectivity index (χ4n) is 3.25. The summed E-state index contributed by atoms with van der Waals surface area (Å²) in [6.07, 6.45) is 7.31. The molecule has 0 aromatic heterocycles. The standard InChI is InChI=1S/C18H23NO2/c1-3-14-4-5-16(21-2)15(12-14)13-17(20)19-10-8-18(6-7-18)9-11-19/h3-5,12H,1,6-11,13H2,2H3. The number of piperidine rings is 1. The molecule has 2 aliphatic rings.